The molecule has 2 nitrogen and oxygen atoms in total. The summed E-state index contributed by atoms with van der Waals surface area (Å²) in [6.45, 7) is 6.40. The van der Waals surface area contributed by atoms with Gasteiger partial charge in [0.05, 0.1) is 6.61 Å². The number of aryl methyl sites for hydroxylation is 1. The molecule has 0 spiro atoms. The monoisotopic (exact) mass is 309 g/mol. The predicted octanol–water partition coefficient (Wildman–Crippen LogP) is 4.59. The standard InChI is InChI=1S/C21H27NO/c1-18-10-12-20(13-11-18)21(19-8-4-2-5-9-19)23-17-16-22-14-6-3-7-15-22/h2,4-5,8-13,21H,3,6-7,14-17H2,1H3. The van der Waals surface area contributed by atoms with Gasteiger partial charge in [-0.2, -0.15) is 0 Å². The Labute approximate surface area is 140 Å². The van der Waals surface area contributed by atoms with Gasteiger partial charge in [0.2, 0.25) is 0 Å². The van der Waals surface area contributed by atoms with Crippen LogP contribution in [0.3, 0.4) is 0 Å². The average Bonchev–Trinajstić information content (AvgIpc) is 2.61. The van der Waals surface area contributed by atoms with Crippen LogP contribution in [-0.2, 0) is 4.74 Å². The van der Waals surface area contributed by atoms with Crippen molar-refractivity contribution >= 4 is 0 Å². The zero-order valence-electron chi connectivity index (χ0n) is 14.1. The highest BCUT2D eigenvalue weighted by molar-refractivity contribution is 5.31. The van der Waals surface area contributed by atoms with Crippen LogP contribution in [0, 0.1) is 6.92 Å². The molecule has 1 fully saturated rings. The molecule has 0 saturated carbocycles. The first kappa shape index (κ1) is 16.2. The molecule has 1 atom stereocenters. The third-order valence-electron chi connectivity index (χ3n) is 4.62. The number of hydrogen-bond donors (Lipinski definition) is 0. The van der Waals surface area contributed by atoms with Crippen LogP contribution in [-0.4, -0.2) is 31.1 Å². The Morgan fingerprint density at radius 1 is 0.870 bits per heavy atom. The van der Waals surface area contributed by atoms with Crippen molar-refractivity contribution in [3.8, 4) is 0 Å². The van der Waals surface area contributed by atoms with Crippen LogP contribution in [0.2, 0.25) is 0 Å². The summed E-state index contributed by atoms with van der Waals surface area (Å²) in [6, 6.07) is 19.3. The molecule has 0 aromatic heterocycles. The maximum Gasteiger partial charge on any atom is 0.108 e. The fourth-order valence-electron chi connectivity index (χ4n) is 3.24. The Morgan fingerprint density at radius 2 is 1.52 bits per heavy atom. The van der Waals surface area contributed by atoms with Gasteiger partial charge in [0.15, 0.2) is 0 Å². The molecule has 1 heterocycles. The van der Waals surface area contributed by atoms with Crippen LogP contribution >= 0.6 is 0 Å². The Balaban J connectivity index is 1.66. The Bertz CT molecular complexity index is 573. The lowest BCUT2D eigenvalue weighted by atomic mass is 10.0. The van der Waals surface area contributed by atoms with Crippen molar-refractivity contribution in [2.24, 2.45) is 0 Å². The maximum atomic E-state index is 6.32. The number of hydrogen-bond acceptors (Lipinski definition) is 2. The first-order valence-corrected chi connectivity index (χ1v) is 8.78. The number of piperidine rings is 1. The lowest BCUT2D eigenvalue weighted by Gasteiger charge is -2.27. The molecule has 2 aromatic carbocycles. The summed E-state index contributed by atoms with van der Waals surface area (Å²) in [5, 5.41) is 0. The molecule has 2 heteroatoms. The van der Waals surface area contributed by atoms with Crippen LogP contribution < -0.4 is 0 Å². The molecule has 23 heavy (non-hydrogen) atoms. The first-order chi connectivity index (χ1) is 11.3. The van der Waals surface area contributed by atoms with E-state index in [-0.39, 0.29) is 6.10 Å². The van der Waals surface area contributed by atoms with Crippen LogP contribution in [0.4, 0.5) is 0 Å². The number of likely N-dealkylation sites (tertiary alicyclic amines) is 1. The topological polar surface area (TPSA) is 12.5 Å². The van der Waals surface area contributed by atoms with Gasteiger partial charge < -0.3 is 9.64 Å². The summed E-state index contributed by atoms with van der Waals surface area (Å²) < 4.78 is 6.32. The normalized spacial score (nSPS) is 17.1. The molecule has 0 N–H and O–H groups in total. The minimum absolute atomic E-state index is 0.0293. The third kappa shape index (κ3) is 4.66. The highest BCUT2D eigenvalue weighted by atomic mass is 16.5. The molecule has 0 radical (unpaired) electrons. The van der Waals surface area contributed by atoms with Gasteiger partial charge in [-0.1, -0.05) is 66.6 Å². The number of benzene rings is 2. The molecular formula is C21H27NO. The fraction of sp³-hybridized carbons (Fsp3) is 0.429. The second-order valence-corrected chi connectivity index (χ2v) is 6.47. The minimum Gasteiger partial charge on any atom is -0.367 e. The van der Waals surface area contributed by atoms with E-state index in [0.717, 1.165) is 13.2 Å². The molecule has 1 saturated heterocycles. The molecule has 2 aromatic rings. The molecular weight excluding hydrogens is 282 g/mol. The van der Waals surface area contributed by atoms with Crippen LogP contribution in [0.1, 0.15) is 42.1 Å². The SMILES string of the molecule is Cc1ccc(C(OCCN2CCCCC2)c2ccccc2)cc1. The van der Waals surface area contributed by atoms with Gasteiger partial charge in [0.25, 0.3) is 0 Å². The van der Waals surface area contributed by atoms with Gasteiger partial charge in [0.1, 0.15) is 6.10 Å². The van der Waals surface area contributed by atoms with Crippen molar-refractivity contribution in [2.75, 3.05) is 26.2 Å². The van der Waals surface area contributed by atoms with E-state index in [1.807, 2.05) is 0 Å². The van der Waals surface area contributed by atoms with Crippen molar-refractivity contribution in [1.82, 2.24) is 4.90 Å². The van der Waals surface area contributed by atoms with Crippen molar-refractivity contribution in [3.63, 3.8) is 0 Å². The van der Waals surface area contributed by atoms with E-state index in [1.165, 1.54) is 49.0 Å². The Hall–Kier alpha value is -1.64. The summed E-state index contributed by atoms with van der Waals surface area (Å²) in [7, 11) is 0. The third-order valence-corrected chi connectivity index (χ3v) is 4.62. The van der Waals surface area contributed by atoms with Gasteiger partial charge in [-0.3, -0.25) is 0 Å². The molecule has 3 rings (SSSR count). The fourth-order valence-corrected chi connectivity index (χ4v) is 3.24. The summed E-state index contributed by atoms with van der Waals surface area (Å²) in [5.74, 6) is 0. The largest absolute Gasteiger partial charge is 0.367 e. The van der Waals surface area contributed by atoms with E-state index in [1.54, 1.807) is 0 Å². The molecule has 0 aliphatic carbocycles. The molecule has 1 aliphatic rings. The summed E-state index contributed by atoms with van der Waals surface area (Å²) in [4.78, 5) is 2.53. The van der Waals surface area contributed by atoms with Gasteiger partial charge in [0, 0.05) is 6.54 Å². The second-order valence-electron chi connectivity index (χ2n) is 6.47. The van der Waals surface area contributed by atoms with Gasteiger partial charge in [-0.15, -0.1) is 0 Å². The highest BCUT2D eigenvalue weighted by Crippen LogP contribution is 2.26. The van der Waals surface area contributed by atoms with E-state index in [2.05, 4.69) is 66.4 Å². The van der Waals surface area contributed by atoms with E-state index >= 15 is 0 Å². The Kier molecular flexibility index (Phi) is 5.84. The Morgan fingerprint density at radius 3 is 2.22 bits per heavy atom. The second kappa shape index (κ2) is 8.28. The van der Waals surface area contributed by atoms with Crippen molar-refractivity contribution < 1.29 is 4.74 Å². The number of ether oxygens (including phenoxy) is 1. The minimum atomic E-state index is 0.0293. The molecule has 1 aliphatic heterocycles. The van der Waals surface area contributed by atoms with E-state index in [0.29, 0.717) is 0 Å². The van der Waals surface area contributed by atoms with Gasteiger partial charge >= 0.3 is 0 Å². The van der Waals surface area contributed by atoms with Crippen LogP contribution in [0.15, 0.2) is 54.6 Å². The summed E-state index contributed by atoms with van der Waals surface area (Å²) >= 11 is 0. The van der Waals surface area contributed by atoms with Gasteiger partial charge in [-0.05, 0) is 44.0 Å². The number of rotatable bonds is 6. The first-order valence-electron chi connectivity index (χ1n) is 8.78. The van der Waals surface area contributed by atoms with Crippen molar-refractivity contribution in [3.05, 3.63) is 71.3 Å². The zero-order valence-corrected chi connectivity index (χ0v) is 14.1. The summed E-state index contributed by atoms with van der Waals surface area (Å²) in [6.07, 6.45) is 4.08. The lowest BCUT2D eigenvalue weighted by molar-refractivity contribution is 0.0557. The number of nitrogens with zero attached hydrogens (tertiary/aromatic N) is 1. The van der Waals surface area contributed by atoms with Crippen molar-refractivity contribution in [1.29, 1.82) is 0 Å². The zero-order chi connectivity index (χ0) is 15.9. The maximum absolute atomic E-state index is 6.32. The quantitative estimate of drug-likeness (QED) is 0.774. The van der Waals surface area contributed by atoms with E-state index in [9.17, 15) is 0 Å². The molecule has 0 bridgehead atoms. The lowest BCUT2D eigenvalue weighted by Crippen LogP contribution is -2.33. The van der Waals surface area contributed by atoms with Crippen molar-refractivity contribution in [2.45, 2.75) is 32.3 Å². The van der Waals surface area contributed by atoms with Crippen LogP contribution in [0.25, 0.3) is 0 Å². The van der Waals surface area contributed by atoms with E-state index < -0.39 is 0 Å². The van der Waals surface area contributed by atoms with Gasteiger partial charge in [-0.25, -0.2) is 0 Å². The van der Waals surface area contributed by atoms with Crippen LogP contribution in [0.5, 0.6) is 0 Å². The average molecular weight is 309 g/mol. The smallest absolute Gasteiger partial charge is 0.108 e. The molecule has 1 unspecified atom stereocenters. The summed E-state index contributed by atoms with van der Waals surface area (Å²) in [5.41, 5.74) is 3.75. The molecule has 122 valence electrons. The van der Waals surface area contributed by atoms with E-state index in [4.69, 9.17) is 4.74 Å². The predicted molar refractivity (Wildman–Crippen MR) is 95.7 cm³/mol. The highest BCUT2D eigenvalue weighted by Gasteiger charge is 2.16. The molecule has 0 amide bonds.